The maximum absolute atomic E-state index is 9.97. The molecule has 1 unspecified atom stereocenters. The lowest BCUT2D eigenvalue weighted by molar-refractivity contribution is 0.153. The van der Waals surface area contributed by atoms with Crippen molar-refractivity contribution < 1.29 is 9.52 Å². The Labute approximate surface area is 123 Å². The summed E-state index contributed by atoms with van der Waals surface area (Å²) in [6.07, 6.45) is 2.58. The van der Waals surface area contributed by atoms with Crippen molar-refractivity contribution in [3.05, 3.63) is 42.1 Å². The van der Waals surface area contributed by atoms with Gasteiger partial charge in [0.15, 0.2) is 5.96 Å². The summed E-state index contributed by atoms with van der Waals surface area (Å²) in [5.74, 6) is 1.18. The smallest absolute Gasteiger partial charge is 0.191 e. The third-order valence-electron chi connectivity index (χ3n) is 3.00. The lowest BCUT2D eigenvalue weighted by Crippen LogP contribution is -2.39. The van der Waals surface area contributed by atoms with E-state index >= 15 is 0 Å². The van der Waals surface area contributed by atoms with Gasteiger partial charge in [-0.1, -0.05) is 0 Å². The van der Waals surface area contributed by atoms with E-state index in [0.717, 1.165) is 12.2 Å². The summed E-state index contributed by atoms with van der Waals surface area (Å²) < 4.78 is 6.94. The number of aliphatic hydroxyl groups is 1. The first kappa shape index (κ1) is 15.1. The molecular weight excluding hydrogens is 270 g/mol. The molecule has 2 aromatic heterocycles. The molecule has 2 aromatic rings. The molecule has 0 bridgehead atoms. The van der Waals surface area contributed by atoms with Crippen LogP contribution in [0.2, 0.25) is 0 Å². The topological polar surface area (TPSA) is 87.6 Å². The normalized spacial score (nSPS) is 13.2. The fourth-order valence-corrected chi connectivity index (χ4v) is 1.83. The van der Waals surface area contributed by atoms with E-state index in [1.807, 2.05) is 20.0 Å². The SMILES string of the molecule is CCNC(=NCc1ccnn1C)NCC(O)c1ccco1. The van der Waals surface area contributed by atoms with Gasteiger partial charge in [-0.25, -0.2) is 4.99 Å². The molecule has 1 atom stereocenters. The van der Waals surface area contributed by atoms with E-state index in [1.165, 1.54) is 0 Å². The lowest BCUT2D eigenvalue weighted by atomic mass is 10.3. The molecule has 0 fully saturated rings. The molecule has 3 N–H and O–H groups in total. The summed E-state index contributed by atoms with van der Waals surface area (Å²) in [4.78, 5) is 4.46. The highest BCUT2D eigenvalue weighted by Gasteiger charge is 2.10. The van der Waals surface area contributed by atoms with Crippen LogP contribution in [0.25, 0.3) is 0 Å². The first-order chi connectivity index (χ1) is 10.2. The highest BCUT2D eigenvalue weighted by molar-refractivity contribution is 5.79. The molecule has 7 nitrogen and oxygen atoms in total. The van der Waals surface area contributed by atoms with Crippen LogP contribution in [0.5, 0.6) is 0 Å². The van der Waals surface area contributed by atoms with Crippen molar-refractivity contribution in [2.75, 3.05) is 13.1 Å². The van der Waals surface area contributed by atoms with Gasteiger partial charge < -0.3 is 20.2 Å². The van der Waals surface area contributed by atoms with Gasteiger partial charge in [0.2, 0.25) is 0 Å². The highest BCUT2D eigenvalue weighted by Crippen LogP contribution is 2.11. The van der Waals surface area contributed by atoms with Crippen molar-refractivity contribution in [1.82, 2.24) is 20.4 Å². The standard InChI is InChI=1S/C14H21N5O2/c1-3-15-14(16-9-11-6-7-18-19(11)2)17-10-12(20)13-5-4-8-21-13/h4-8,12,20H,3,9-10H2,1-2H3,(H2,15,16,17). The summed E-state index contributed by atoms with van der Waals surface area (Å²) in [6, 6.07) is 5.41. The molecule has 0 saturated heterocycles. The van der Waals surface area contributed by atoms with E-state index in [4.69, 9.17) is 4.42 Å². The number of aliphatic hydroxyl groups excluding tert-OH is 1. The van der Waals surface area contributed by atoms with Gasteiger partial charge in [0, 0.05) is 19.8 Å². The fourth-order valence-electron chi connectivity index (χ4n) is 1.83. The Balaban J connectivity index is 1.90. The van der Waals surface area contributed by atoms with Crippen molar-refractivity contribution in [3.8, 4) is 0 Å². The van der Waals surface area contributed by atoms with Gasteiger partial charge in [-0.05, 0) is 25.1 Å². The zero-order valence-corrected chi connectivity index (χ0v) is 12.3. The minimum atomic E-state index is -0.708. The second-order valence-corrected chi connectivity index (χ2v) is 4.55. The van der Waals surface area contributed by atoms with Gasteiger partial charge in [-0.3, -0.25) is 4.68 Å². The molecule has 21 heavy (non-hydrogen) atoms. The quantitative estimate of drug-likeness (QED) is 0.541. The van der Waals surface area contributed by atoms with E-state index in [-0.39, 0.29) is 0 Å². The van der Waals surface area contributed by atoms with Crippen molar-refractivity contribution in [2.45, 2.75) is 19.6 Å². The van der Waals surface area contributed by atoms with Crippen LogP contribution in [0, 0.1) is 0 Å². The predicted molar refractivity (Wildman–Crippen MR) is 79.7 cm³/mol. The number of rotatable bonds is 6. The molecule has 7 heteroatoms. The van der Waals surface area contributed by atoms with Crippen LogP contribution in [-0.2, 0) is 13.6 Å². The first-order valence-electron chi connectivity index (χ1n) is 6.91. The number of nitrogens with one attached hydrogen (secondary N) is 2. The Morgan fingerprint density at radius 2 is 2.33 bits per heavy atom. The molecule has 0 aliphatic heterocycles. The van der Waals surface area contributed by atoms with Gasteiger partial charge in [-0.15, -0.1) is 0 Å². The van der Waals surface area contributed by atoms with Crippen LogP contribution in [0.1, 0.15) is 24.5 Å². The molecule has 114 valence electrons. The maximum atomic E-state index is 9.97. The Morgan fingerprint density at radius 3 is 2.95 bits per heavy atom. The summed E-state index contributed by atoms with van der Waals surface area (Å²) in [5, 5.41) is 20.3. The third-order valence-corrected chi connectivity index (χ3v) is 3.00. The van der Waals surface area contributed by atoms with Crippen LogP contribution in [0.15, 0.2) is 40.1 Å². The van der Waals surface area contributed by atoms with Gasteiger partial charge >= 0.3 is 0 Å². The Kier molecular flexibility index (Phi) is 5.39. The second-order valence-electron chi connectivity index (χ2n) is 4.55. The number of hydrogen-bond donors (Lipinski definition) is 3. The van der Waals surface area contributed by atoms with E-state index < -0.39 is 6.10 Å². The molecule has 0 aromatic carbocycles. The zero-order chi connectivity index (χ0) is 15.1. The predicted octanol–water partition coefficient (Wildman–Crippen LogP) is 0.802. The second kappa shape index (κ2) is 7.49. The van der Waals surface area contributed by atoms with Crippen LogP contribution in [0.4, 0.5) is 0 Å². The van der Waals surface area contributed by atoms with E-state index in [1.54, 1.807) is 29.3 Å². The Hall–Kier alpha value is -2.28. The molecule has 2 rings (SSSR count). The third kappa shape index (κ3) is 4.35. The molecule has 0 aliphatic rings. The minimum Gasteiger partial charge on any atom is -0.467 e. The van der Waals surface area contributed by atoms with Crippen molar-refractivity contribution in [1.29, 1.82) is 0 Å². The maximum Gasteiger partial charge on any atom is 0.191 e. The van der Waals surface area contributed by atoms with Crippen molar-refractivity contribution in [2.24, 2.45) is 12.0 Å². The Morgan fingerprint density at radius 1 is 1.48 bits per heavy atom. The van der Waals surface area contributed by atoms with Gasteiger partial charge in [0.25, 0.3) is 0 Å². The van der Waals surface area contributed by atoms with Gasteiger partial charge in [0.1, 0.15) is 11.9 Å². The molecular formula is C14H21N5O2. The lowest BCUT2D eigenvalue weighted by Gasteiger charge is -2.13. The van der Waals surface area contributed by atoms with Crippen LogP contribution in [0.3, 0.4) is 0 Å². The van der Waals surface area contributed by atoms with E-state index in [0.29, 0.717) is 24.8 Å². The number of furan rings is 1. The Bertz CT molecular complexity index is 562. The summed E-state index contributed by atoms with van der Waals surface area (Å²) >= 11 is 0. The van der Waals surface area contributed by atoms with Gasteiger partial charge in [-0.2, -0.15) is 5.10 Å². The summed E-state index contributed by atoms with van der Waals surface area (Å²) in [7, 11) is 1.88. The first-order valence-corrected chi connectivity index (χ1v) is 6.91. The number of aryl methyl sites for hydroxylation is 1. The van der Waals surface area contributed by atoms with Gasteiger partial charge in [0.05, 0.1) is 25.0 Å². The van der Waals surface area contributed by atoms with E-state index in [2.05, 4.69) is 20.7 Å². The zero-order valence-electron chi connectivity index (χ0n) is 12.3. The summed E-state index contributed by atoms with van der Waals surface area (Å²) in [5.41, 5.74) is 1.01. The highest BCUT2D eigenvalue weighted by atomic mass is 16.4. The molecule has 2 heterocycles. The average molecular weight is 291 g/mol. The molecule has 0 spiro atoms. The molecule has 0 aliphatic carbocycles. The number of aliphatic imine (C=N–C) groups is 1. The fraction of sp³-hybridized carbons (Fsp3) is 0.429. The van der Waals surface area contributed by atoms with E-state index in [9.17, 15) is 5.11 Å². The molecule has 0 amide bonds. The number of nitrogens with zero attached hydrogens (tertiary/aromatic N) is 3. The van der Waals surface area contributed by atoms with Crippen molar-refractivity contribution in [3.63, 3.8) is 0 Å². The average Bonchev–Trinajstić information content (AvgIpc) is 3.13. The number of hydrogen-bond acceptors (Lipinski definition) is 4. The molecule has 0 radical (unpaired) electrons. The number of guanidine groups is 1. The minimum absolute atomic E-state index is 0.324. The summed E-state index contributed by atoms with van der Waals surface area (Å²) in [6.45, 7) is 3.58. The van der Waals surface area contributed by atoms with Crippen LogP contribution in [-0.4, -0.2) is 33.9 Å². The van der Waals surface area contributed by atoms with Crippen LogP contribution < -0.4 is 10.6 Å². The monoisotopic (exact) mass is 291 g/mol. The number of aromatic nitrogens is 2. The van der Waals surface area contributed by atoms with Crippen LogP contribution >= 0.6 is 0 Å². The largest absolute Gasteiger partial charge is 0.467 e. The van der Waals surface area contributed by atoms with Crippen molar-refractivity contribution >= 4 is 5.96 Å². The molecule has 0 saturated carbocycles.